The second kappa shape index (κ2) is 8.05. The fourth-order valence-electron chi connectivity index (χ4n) is 3.38. The Hall–Kier alpha value is -1.81. The van der Waals surface area contributed by atoms with Crippen molar-refractivity contribution in [2.75, 3.05) is 12.8 Å². The third-order valence-electron chi connectivity index (χ3n) is 4.65. The van der Waals surface area contributed by atoms with Crippen LogP contribution >= 0.6 is 11.8 Å². The van der Waals surface area contributed by atoms with E-state index in [1.165, 1.54) is 29.5 Å². The Balaban J connectivity index is 1.58. The molecule has 0 bridgehead atoms. The van der Waals surface area contributed by atoms with E-state index in [0.717, 1.165) is 11.4 Å². The molecule has 25 heavy (non-hydrogen) atoms. The summed E-state index contributed by atoms with van der Waals surface area (Å²) in [6, 6.07) is 12.7. The molecule has 1 aromatic carbocycles. The monoisotopic (exact) mass is 354 g/mol. The highest BCUT2D eigenvalue weighted by Crippen LogP contribution is 2.43. The second-order valence-electron chi connectivity index (χ2n) is 7.03. The number of carbonyl (C=O) groups is 1. The molecule has 3 rings (SSSR count). The second-order valence-corrected chi connectivity index (χ2v) is 8.02. The van der Waals surface area contributed by atoms with Gasteiger partial charge in [-0.3, -0.25) is 9.78 Å². The van der Waals surface area contributed by atoms with Crippen LogP contribution in [0.25, 0.3) is 0 Å². The SMILES string of the molecule is Cc1cc(C)cc(CSCC(=O)N(C)C(c2ccccn2)C2CC2)c1. The zero-order valence-corrected chi connectivity index (χ0v) is 16.1. The van der Waals surface area contributed by atoms with Crippen LogP contribution in [0.3, 0.4) is 0 Å². The molecule has 1 saturated carbocycles. The summed E-state index contributed by atoms with van der Waals surface area (Å²) in [5.41, 5.74) is 4.87. The number of amides is 1. The highest BCUT2D eigenvalue weighted by atomic mass is 32.2. The Morgan fingerprint density at radius 3 is 2.56 bits per heavy atom. The summed E-state index contributed by atoms with van der Waals surface area (Å²) >= 11 is 1.69. The number of hydrogen-bond acceptors (Lipinski definition) is 3. The van der Waals surface area contributed by atoms with Gasteiger partial charge in [-0.1, -0.05) is 35.4 Å². The summed E-state index contributed by atoms with van der Waals surface area (Å²) < 4.78 is 0. The molecule has 1 amide bonds. The zero-order chi connectivity index (χ0) is 17.8. The molecule has 2 aromatic rings. The average Bonchev–Trinajstić information content (AvgIpc) is 3.40. The van der Waals surface area contributed by atoms with Crippen molar-refractivity contribution < 1.29 is 4.79 Å². The van der Waals surface area contributed by atoms with Gasteiger partial charge >= 0.3 is 0 Å². The maximum atomic E-state index is 12.7. The molecule has 0 aliphatic heterocycles. The third kappa shape index (κ3) is 4.85. The van der Waals surface area contributed by atoms with Crippen LogP contribution in [-0.2, 0) is 10.5 Å². The normalized spacial score (nSPS) is 15.0. The van der Waals surface area contributed by atoms with Crippen LogP contribution in [0.5, 0.6) is 0 Å². The maximum absolute atomic E-state index is 12.7. The van der Waals surface area contributed by atoms with Crippen LogP contribution in [0.2, 0.25) is 0 Å². The van der Waals surface area contributed by atoms with Crippen molar-refractivity contribution in [2.24, 2.45) is 5.92 Å². The van der Waals surface area contributed by atoms with Gasteiger partial charge in [-0.05, 0) is 50.3 Å². The van der Waals surface area contributed by atoms with E-state index < -0.39 is 0 Å². The van der Waals surface area contributed by atoms with Gasteiger partial charge in [0, 0.05) is 19.0 Å². The van der Waals surface area contributed by atoms with Gasteiger partial charge in [0.2, 0.25) is 5.91 Å². The first kappa shape index (κ1) is 18.0. The molecule has 1 unspecified atom stereocenters. The van der Waals surface area contributed by atoms with E-state index >= 15 is 0 Å². The van der Waals surface area contributed by atoms with E-state index in [0.29, 0.717) is 11.7 Å². The first-order valence-corrected chi connectivity index (χ1v) is 10.0. The van der Waals surface area contributed by atoms with Crippen molar-refractivity contribution in [3.8, 4) is 0 Å². The molecule has 1 atom stereocenters. The van der Waals surface area contributed by atoms with Crippen LogP contribution in [0.15, 0.2) is 42.6 Å². The number of hydrogen-bond donors (Lipinski definition) is 0. The van der Waals surface area contributed by atoms with Crippen LogP contribution < -0.4 is 0 Å². The van der Waals surface area contributed by atoms with E-state index in [1.807, 2.05) is 36.3 Å². The van der Waals surface area contributed by atoms with Crippen molar-refractivity contribution in [1.82, 2.24) is 9.88 Å². The number of aromatic nitrogens is 1. The van der Waals surface area contributed by atoms with Gasteiger partial charge in [0.15, 0.2) is 0 Å². The fourth-order valence-corrected chi connectivity index (χ4v) is 4.27. The molecule has 1 aliphatic carbocycles. The molecule has 3 nitrogen and oxygen atoms in total. The summed E-state index contributed by atoms with van der Waals surface area (Å²) in [7, 11) is 1.93. The standard InChI is InChI=1S/C21H26N2OS/c1-15-10-16(2)12-17(11-15)13-25-14-20(24)23(3)21(18-7-8-18)19-6-4-5-9-22-19/h4-6,9-12,18,21H,7-8,13-14H2,1-3H3. The number of nitrogens with zero attached hydrogens (tertiary/aromatic N) is 2. The molecule has 0 radical (unpaired) electrons. The van der Waals surface area contributed by atoms with Crippen molar-refractivity contribution in [2.45, 2.75) is 38.5 Å². The van der Waals surface area contributed by atoms with Gasteiger partial charge < -0.3 is 4.90 Å². The predicted octanol–water partition coefficient (Wildman–Crippen LogP) is 4.54. The van der Waals surface area contributed by atoms with E-state index in [4.69, 9.17) is 0 Å². The van der Waals surface area contributed by atoms with Crippen molar-refractivity contribution in [3.05, 3.63) is 65.0 Å². The third-order valence-corrected chi connectivity index (χ3v) is 5.63. The lowest BCUT2D eigenvalue weighted by Gasteiger charge is -2.28. The highest BCUT2D eigenvalue weighted by molar-refractivity contribution is 7.99. The van der Waals surface area contributed by atoms with Crippen LogP contribution in [0.4, 0.5) is 0 Å². The van der Waals surface area contributed by atoms with Gasteiger partial charge in [0.05, 0.1) is 17.5 Å². The van der Waals surface area contributed by atoms with E-state index in [2.05, 4.69) is 37.0 Å². The zero-order valence-electron chi connectivity index (χ0n) is 15.2. The molecule has 4 heteroatoms. The van der Waals surface area contributed by atoms with E-state index in [9.17, 15) is 4.79 Å². The van der Waals surface area contributed by atoms with E-state index in [1.54, 1.807) is 11.8 Å². The molecule has 0 saturated heterocycles. The summed E-state index contributed by atoms with van der Waals surface area (Å²) in [5, 5.41) is 0. The van der Waals surface area contributed by atoms with Gasteiger partial charge in [0.1, 0.15) is 0 Å². The van der Waals surface area contributed by atoms with E-state index in [-0.39, 0.29) is 11.9 Å². The topological polar surface area (TPSA) is 33.2 Å². The van der Waals surface area contributed by atoms with Gasteiger partial charge in [-0.2, -0.15) is 0 Å². The minimum absolute atomic E-state index is 0.121. The predicted molar refractivity (Wildman–Crippen MR) is 105 cm³/mol. The van der Waals surface area contributed by atoms with Crippen molar-refractivity contribution in [3.63, 3.8) is 0 Å². The number of aryl methyl sites for hydroxylation is 2. The maximum Gasteiger partial charge on any atom is 0.232 e. The molecule has 1 fully saturated rings. The quantitative estimate of drug-likeness (QED) is 0.732. The van der Waals surface area contributed by atoms with Gasteiger partial charge in [-0.25, -0.2) is 0 Å². The molecule has 0 N–H and O–H groups in total. The number of carbonyl (C=O) groups excluding carboxylic acids is 1. The van der Waals surface area contributed by atoms with Gasteiger partial charge in [-0.15, -0.1) is 11.8 Å². The summed E-state index contributed by atoms with van der Waals surface area (Å²) in [5.74, 6) is 2.14. The Bertz CT molecular complexity index is 708. The molecular formula is C21H26N2OS. The summed E-state index contributed by atoms with van der Waals surface area (Å²) in [6.45, 7) is 4.24. The molecule has 132 valence electrons. The minimum Gasteiger partial charge on any atom is -0.336 e. The lowest BCUT2D eigenvalue weighted by atomic mass is 10.1. The first-order valence-electron chi connectivity index (χ1n) is 8.86. The Labute approximate surface area is 154 Å². The lowest BCUT2D eigenvalue weighted by Crippen LogP contribution is -2.34. The fraction of sp³-hybridized carbons (Fsp3) is 0.429. The van der Waals surface area contributed by atoms with Gasteiger partial charge in [0.25, 0.3) is 0 Å². The molecular weight excluding hydrogens is 328 g/mol. The molecule has 1 heterocycles. The number of thioether (sulfide) groups is 1. The largest absolute Gasteiger partial charge is 0.336 e. The molecule has 1 aliphatic rings. The Morgan fingerprint density at radius 2 is 1.96 bits per heavy atom. The van der Waals surface area contributed by atoms with Crippen LogP contribution in [0.1, 0.15) is 41.3 Å². The minimum atomic E-state index is 0.121. The highest BCUT2D eigenvalue weighted by Gasteiger charge is 2.37. The number of pyridine rings is 1. The average molecular weight is 355 g/mol. The molecule has 0 spiro atoms. The summed E-state index contributed by atoms with van der Waals surface area (Å²) in [4.78, 5) is 19.1. The van der Waals surface area contributed by atoms with Crippen LogP contribution in [-0.4, -0.2) is 28.6 Å². The van der Waals surface area contributed by atoms with Crippen molar-refractivity contribution in [1.29, 1.82) is 0 Å². The molecule has 1 aromatic heterocycles. The first-order chi connectivity index (χ1) is 12.0. The van der Waals surface area contributed by atoms with Crippen LogP contribution in [0, 0.1) is 19.8 Å². The summed E-state index contributed by atoms with van der Waals surface area (Å²) in [6.07, 6.45) is 4.20. The lowest BCUT2D eigenvalue weighted by molar-refractivity contribution is -0.129. The Kier molecular flexibility index (Phi) is 5.79. The Morgan fingerprint density at radius 1 is 1.24 bits per heavy atom. The van der Waals surface area contributed by atoms with Crippen molar-refractivity contribution >= 4 is 17.7 Å². The smallest absolute Gasteiger partial charge is 0.232 e. The number of rotatable bonds is 7. The number of benzene rings is 1.